The number of halogens is 4. The molecule has 172 valence electrons. The van der Waals surface area contributed by atoms with Crippen LogP contribution in [0.2, 0.25) is 0 Å². The van der Waals surface area contributed by atoms with Crippen LogP contribution in [0.15, 0.2) is 91.0 Å². The van der Waals surface area contributed by atoms with Gasteiger partial charge in [0.1, 0.15) is 23.2 Å². The van der Waals surface area contributed by atoms with Gasteiger partial charge in [0.05, 0.1) is 0 Å². The number of benzene rings is 3. The van der Waals surface area contributed by atoms with Gasteiger partial charge in [0.15, 0.2) is 5.85 Å². The summed E-state index contributed by atoms with van der Waals surface area (Å²) in [5.74, 6) is 0.177. The molecule has 0 aromatic heterocycles. The summed E-state index contributed by atoms with van der Waals surface area (Å²) in [7, 11) is -6.04. The van der Waals surface area contributed by atoms with Gasteiger partial charge in [0, 0.05) is 13.5 Å². The maximum absolute atomic E-state index is 9.75. The lowest BCUT2D eigenvalue weighted by Crippen LogP contribution is -2.39. The Bertz CT molecular complexity index is 789. The van der Waals surface area contributed by atoms with Crippen molar-refractivity contribution in [2.24, 2.45) is 0 Å². The molecule has 1 atom stereocenters. The second kappa shape index (κ2) is 12.8. The zero-order valence-electron chi connectivity index (χ0n) is 18.5. The maximum atomic E-state index is 9.75. The molecule has 0 spiro atoms. The van der Waals surface area contributed by atoms with Gasteiger partial charge in [-0.15, -0.1) is 0 Å². The molecule has 0 saturated carbocycles. The van der Waals surface area contributed by atoms with Gasteiger partial charge < -0.3 is 22.0 Å². The number of methoxy groups -OCH3 is 1. The third kappa shape index (κ3) is 7.18. The number of unbranched alkanes of at least 4 members (excludes halogenated alkanes) is 2. The van der Waals surface area contributed by atoms with Gasteiger partial charge in [-0.2, -0.15) is 0 Å². The molecule has 1 nitrogen and oxygen atoms in total. The second-order valence-corrected chi connectivity index (χ2v) is 11.0. The van der Waals surface area contributed by atoms with E-state index in [9.17, 15) is 17.3 Å². The van der Waals surface area contributed by atoms with Crippen LogP contribution in [0.3, 0.4) is 0 Å². The van der Waals surface area contributed by atoms with Crippen molar-refractivity contribution >= 4 is 30.4 Å². The lowest BCUT2D eigenvalue weighted by molar-refractivity contribution is 0.158. The first-order chi connectivity index (χ1) is 15.3. The predicted octanol–water partition coefficient (Wildman–Crippen LogP) is 6.83. The fourth-order valence-corrected chi connectivity index (χ4v) is 8.68. The average molecular weight is 464 g/mol. The van der Waals surface area contributed by atoms with Crippen LogP contribution < -0.4 is 15.9 Å². The first-order valence-corrected chi connectivity index (χ1v) is 12.7. The summed E-state index contributed by atoms with van der Waals surface area (Å²) in [6.07, 6.45) is 4.75. The van der Waals surface area contributed by atoms with Gasteiger partial charge in [-0.1, -0.05) is 74.4 Å². The quantitative estimate of drug-likeness (QED) is 0.146. The topological polar surface area (TPSA) is 9.23 Å². The van der Waals surface area contributed by atoms with Crippen LogP contribution in [0.4, 0.5) is 17.3 Å². The number of ether oxygens (including phenoxy) is 1. The Hall–Kier alpha value is -2.17. The molecule has 0 saturated heterocycles. The largest absolute Gasteiger partial charge is 0.673 e. The van der Waals surface area contributed by atoms with Crippen molar-refractivity contribution in [1.82, 2.24) is 0 Å². The average Bonchev–Trinajstić information content (AvgIpc) is 2.79. The second-order valence-electron chi connectivity index (χ2n) is 7.41. The minimum Gasteiger partial charge on any atom is -0.418 e. The van der Waals surface area contributed by atoms with E-state index in [2.05, 4.69) is 97.9 Å². The highest BCUT2D eigenvalue weighted by Gasteiger charge is 2.52. The Balaban J connectivity index is 0.000000654. The molecule has 0 amide bonds. The zero-order valence-corrected chi connectivity index (χ0v) is 19.4. The molecule has 0 bridgehead atoms. The van der Waals surface area contributed by atoms with Gasteiger partial charge in [0.25, 0.3) is 0 Å². The summed E-state index contributed by atoms with van der Waals surface area (Å²) < 4.78 is 45.3. The third-order valence-corrected chi connectivity index (χ3v) is 9.92. The highest BCUT2D eigenvalue weighted by Crippen LogP contribution is 2.61. The Labute approximate surface area is 189 Å². The first-order valence-electron chi connectivity index (χ1n) is 10.8. The van der Waals surface area contributed by atoms with Crippen molar-refractivity contribution in [2.75, 3.05) is 7.11 Å². The van der Waals surface area contributed by atoms with E-state index in [0.29, 0.717) is 0 Å². The number of hydrogen-bond acceptors (Lipinski definition) is 1. The molecule has 32 heavy (non-hydrogen) atoms. The van der Waals surface area contributed by atoms with E-state index in [4.69, 9.17) is 4.74 Å². The molecule has 3 aromatic carbocycles. The van der Waals surface area contributed by atoms with Crippen LogP contribution in [0, 0.1) is 0 Å². The Kier molecular flexibility index (Phi) is 10.4. The van der Waals surface area contributed by atoms with Gasteiger partial charge in [-0.25, -0.2) is 0 Å². The van der Waals surface area contributed by atoms with Gasteiger partial charge in [0.2, 0.25) is 0 Å². The summed E-state index contributed by atoms with van der Waals surface area (Å²) in [5.41, 5.74) is 0. The SMILES string of the molecule is CCCCCC(OC)[P+](c1ccccc1)(c1ccccc1)c1ccccc1.F[B-](F)(F)F. The standard InChI is InChI=1S/C25H30OP.BF4/c1-3-4-8-21-25(26-2)27(22-15-9-5-10-16-22,23-17-11-6-12-18-23)24-19-13-7-14-20-24;2-1(3,4)5/h5-7,9-20,25H,3-4,8,21H2,1-2H3;/q+1;-1. The van der Waals surface area contributed by atoms with Crippen LogP contribution in [0.1, 0.15) is 32.6 Å². The highest BCUT2D eigenvalue weighted by atomic mass is 31.2. The predicted molar refractivity (Wildman–Crippen MR) is 130 cm³/mol. The molecule has 0 N–H and O–H groups in total. The minimum absolute atomic E-state index is 0.177. The molecule has 0 aliphatic carbocycles. The third-order valence-electron chi connectivity index (χ3n) is 5.25. The molecule has 0 aliphatic heterocycles. The zero-order chi connectivity index (χ0) is 23.5. The van der Waals surface area contributed by atoms with Crippen molar-refractivity contribution in [2.45, 2.75) is 38.5 Å². The molecule has 0 fully saturated rings. The highest BCUT2D eigenvalue weighted by molar-refractivity contribution is 7.96. The number of rotatable bonds is 9. The van der Waals surface area contributed by atoms with E-state index in [1.807, 2.05) is 7.11 Å². The van der Waals surface area contributed by atoms with Crippen LogP contribution in [-0.4, -0.2) is 20.2 Å². The van der Waals surface area contributed by atoms with E-state index < -0.39 is 14.5 Å². The fourth-order valence-electron chi connectivity index (χ4n) is 3.97. The summed E-state index contributed by atoms with van der Waals surface area (Å²) in [4.78, 5) is 0. The summed E-state index contributed by atoms with van der Waals surface area (Å²) >= 11 is 0. The summed E-state index contributed by atoms with van der Waals surface area (Å²) in [5, 5.41) is 4.18. The normalized spacial score (nSPS) is 12.6. The molecule has 7 heteroatoms. The first kappa shape index (κ1) is 26.1. The monoisotopic (exact) mass is 464 g/mol. The molecule has 3 rings (SSSR count). The van der Waals surface area contributed by atoms with Crippen molar-refractivity contribution in [3.8, 4) is 0 Å². The van der Waals surface area contributed by atoms with Crippen molar-refractivity contribution in [3.05, 3.63) is 91.0 Å². The molecule has 0 aliphatic rings. The van der Waals surface area contributed by atoms with E-state index in [0.717, 1.165) is 6.42 Å². The minimum atomic E-state index is -6.00. The van der Waals surface area contributed by atoms with Crippen molar-refractivity contribution < 1.29 is 22.0 Å². The lowest BCUT2D eigenvalue weighted by Gasteiger charge is -2.33. The molecule has 1 unspecified atom stereocenters. The number of hydrogen-bond donors (Lipinski definition) is 0. The fraction of sp³-hybridized carbons (Fsp3) is 0.280. The van der Waals surface area contributed by atoms with Crippen LogP contribution >= 0.6 is 7.26 Å². The van der Waals surface area contributed by atoms with Crippen molar-refractivity contribution in [1.29, 1.82) is 0 Å². The van der Waals surface area contributed by atoms with E-state index in [1.165, 1.54) is 35.2 Å². The smallest absolute Gasteiger partial charge is 0.418 e. The van der Waals surface area contributed by atoms with E-state index in [-0.39, 0.29) is 5.85 Å². The van der Waals surface area contributed by atoms with Crippen molar-refractivity contribution in [3.63, 3.8) is 0 Å². The molecular formula is C25H30BF4OP. The van der Waals surface area contributed by atoms with Gasteiger partial charge in [-0.05, 0) is 42.8 Å². The Morgan fingerprint density at radius 3 is 1.31 bits per heavy atom. The molecule has 0 radical (unpaired) electrons. The van der Waals surface area contributed by atoms with E-state index >= 15 is 0 Å². The lowest BCUT2D eigenvalue weighted by atomic mass is 10.2. The Morgan fingerprint density at radius 2 is 1.03 bits per heavy atom. The van der Waals surface area contributed by atoms with Crippen LogP contribution in [0.5, 0.6) is 0 Å². The summed E-state index contributed by atoms with van der Waals surface area (Å²) in [6.45, 7) is 2.26. The van der Waals surface area contributed by atoms with Gasteiger partial charge >= 0.3 is 7.25 Å². The van der Waals surface area contributed by atoms with Gasteiger partial charge in [-0.3, -0.25) is 0 Å². The maximum Gasteiger partial charge on any atom is 0.673 e. The van der Waals surface area contributed by atoms with E-state index in [1.54, 1.807) is 0 Å². The molecule has 0 heterocycles. The molecule has 3 aromatic rings. The summed E-state index contributed by atoms with van der Waals surface area (Å²) in [6, 6.07) is 33.0. The van der Waals surface area contributed by atoms with Crippen LogP contribution in [0.25, 0.3) is 0 Å². The molecular weight excluding hydrogens is 434 g/mol. The Morgan fingerprint density at radius 1 is 0.688 bits per heavy atom. The van der Waals surface area contributed by atoms with Crippen LogP contribution in [-0.2, 0) is 4.74 Å².